The third kappa shape index (κ3) is 3.13. The van der Waals surface area contributed by atoms with Crippen molar-refractivity contribution in [2.75, 3.05) is 6.54 Å². The molecule has 0 bridgehead atoms. The number of nitrogens with zero attached hydrogens (tertiary/aromatic N) is 1. The van der Waals surface area contributed by atoms with E-state index in [0.29, 0.717) is 18.0 Å². The average molecular weight is 316 g/mol. The molecule has 3 N–H and O–H groups in total. The van der Waals surface area contributed by atoms with Gasteiger partial charge in [-0.2, -0.15) is 0 Å². The molecule has 23 heavy (non-hydrogen) atoms. The van der Waals surface area contributed by atoms with Crippen LogP contribution in [0.1, 0.15) is 73.1 Å². The van der Waals surface area contributed by atoms with Gasteiger partial charge in [0.25, 0.3) is 0 Å². The molecule has 0 fully saturated rings. The van der Waals surface area contributed by atoms with Crippen molar-refractivity contribution in [3.05, 3.63) is 34.5 Å². The van der Waals surface area contributed by atoms with Crippen LogP contribution < -0.4 is 5.73 Å². The smallest absolute Gasteiger partial charge is 0.335 e. The number of hydrogen-bond donors (Lipinski definition) is 2. The van der Waals surface area contributed by atoms with Gasteiger partial charge < -0.3 is 15.4 Å². The van der Waals surface area contributed by atoms with Gasteiger partial charge in [0.15, 0.2) is 0 Å². The monoisotopic (exact) mass is 316 g/mol. The van der Waals surface area contributed by atoms with Gasteiger partial charge in [-0.25, -0.2) is 4.79 Å². The summed E-state index contributed by atoms with van der Waals surface area (Å²) in [7, 11) is 0. The van der Waals surface area contributed by atoms with E-state index in [-0.39, 0.29) is 5.92 Å². The molecule has 0 unspecified atom stereocenters. The molecule has 0 aliphatic rings. The molecule has 1 aromatic heterocycles. The summed E-state index contributed by atoms with van der Waals surface area (Å²) >= 11 is 0. The number of carboxylic acids is 1. The topological polar surface area (TPSA) is 68.2 Å². The minimum absolute atomic E-state index is 0.266. The Morgan fingerprint density at radius 3 is 2.35 bits per heavy atom. The largest absolute Gasteiger partial charge is 0.478 e. The maximum Gasteiger partial charge on any atom is 0.335 e. The first kappa shape index (κ1) is 17.5. The van der Waals surface area contributed by atoms with Gasteiger partial charge in [0.05, 0.1) is 11.1 Å². The molecule has 126 valence electrons. The number of rotatable bonds is 6. The SMILES string of the molecule is Cc1c(C(C)C)c2cc(C(=O)O)cc(C(C)C)c2n1CCCN. The number of fused-ring (bicyclic) bond motifs is 1. The molecule has 0 saturated carbocycles. The Bertz CT molecular complexity index is 727. The molecule has 4 nitrogen and oxygen atoms in total. The zero-order valence-corrected chi connectivity index (χ0v) is 14.8. The molecule has 0 saturated heterocycles. The second-order valence-corrected chi connectivity index (χ2v) is 6.87. The quantitative estimate of drug-likeness (QED) is 0.837. The lowest BCUT2D eigenvalue weighted by molar-refractivity contribution is 0.0697. The number of carboxylic acid groups (broad SMARTS) is 1. The van der Waals surface area contributed by atoms with Gasteiger partial charge in [0, 0.05) is 17.6 Å². The summed E-state index contributed by atoms with van der Waals surface area (Å²) in [6.45, 7) is 12.2. The second-order valence-electron chi connectivity index (χ2n) is 6.87. The van der Waals surface area contributed by atoms with E-state index < -0.39 is 5.97 Å². The maximum atomic E-state index is 11.5. The molecule has 1 aromatic carbocycles. The number of aromatic carboxylic acids is 1. The van der Waals surface area contributed by atoms with Crippen LogP contribution in [0.15, 0.2) is 12.1 Å². The van der Waals surface area contributed by atoms with Crippen LogP contribution in [0.5, 0.6) is 0 Å². The van der Waals surface area contributed by atoms with Crippen LogP contribution in [0.4, 0.5) is 0 Å². The van der Waals surface area contributed by atoms with Crippen LogP contribution in [0, 0.1) is 6.92 Å². The molecular weight excluding hydrogens is 288 g/mol. The van der Waals surface area contributed by atoms with E-state index >= 15 is 0 Å². The first-order valence-corrected chi connectivity index (χ1v) is 8.39. The fourth-order valence-corrected chi connectivity index (χ4v) is 3.49. The Balaban J connectivity index is 2.89. The third-order valence-corrected chi connectivity index (χ3v) is 4.53. The van der Waals surface area contributed by atoms with Crippen molar-refractivity contribution in [2.24, 2.45) is 5.73 Å². The number of hydrogen-bond acceptors (Lipinski definition) is 2. The standard InChI is InChI=1S/C19H28N2O2/c1-11(2)15-9-14(19(22)23)10-16-17(12(3)4)13(5)21(18(15)16)8-6-7-20/h9-12H,6-8,20H2,1-5H3,(H,22,23). The predicted molar refractivity (Wildman–Crippen MR) is 95.5 cm³/mol. The lowest BCUT2D eigenvalue weighted by Crippen LogP contribution is -2.09. The van der Waals surface area contributed by atoms with Crippen molar-refractivity contribution in [3.63, 3.8) is 0 Å². The van der Waals surface area contributed by atoms with E-state index in [0.717, 1.165) is 23.9 Å². The Morgan fingerprint density at radius 1 is 1.22 bits per heavy atom. The lowest BCUT2D eigenvalue weighted by atomic mass is 9.93. The fraction of sp³-hybridized carbons (Fsp3) is 0.526. The van der Waals surface area contributed by atoms with Crippen molar-refractivity contribution in [1.82, 2.24) is 4.57 Å². The Morgan fingerprint density at radius 2 is 1.87 bits per heavy atom. The summed E-state index contributed by atoms with van der Waals surface area (Å²) in [5, 5.41) is 10.6. The highest BCUT2D eigenvalue weighted by Crippen LogP contribution is 2.37. The Labute approximate surface area is 138 Å². The van der Waals surface area contributed by atoms with E-state index in [2.05, 4.69) is 39.2 Å². The summed E-state index contributed by atoms with van der Waals surface area (Å²) in [5.41, 5.74) is 10.8. The summed E-state index contributed by atoms with van der Waals surface area (Å²) in [5.74, 6) is -0.251. The second kappa shape index (κ2) is 6.75. The molecular formula is C19H28N2O2. The molecule has 0 aliphatic carbocycles. The number of nitrogens with two attached hydrogens (primary N) is 1. The minimum atomic E-state index is -0.865. The van der Waals surface area contributed by atoms with E-state index in [1.54, 1.807) is 0 Å². The van der Waals surface area contributed by atoms with E-state index in [1.807, 2.05) is 12.1 Å². The van der Waals surface area contributed by atoms with Gasteiger partial charge in [-0.15, -0.1) is 0 Å². The molecule has 2 aromatic rings. The van der Waals surface area contributed by atoms with Crippen molar-refractivity contribution < 1.29 is 9.90 Å². The highest BCUT2D eigenvalue weighted by atomic mass is 16.4. The van der Waals surface area contributed by atoms with E-state index in [1.165, 1.54) is 16.8 Å². The summed E-state index contributed by atoms with van der Waals surface area (Å²) in [6, 6.07) is 3.67. The van der Waals surface area contributed by atoms with Crippen LogP contribution in [0.2, 0.25) is 0 Å². The molecule has 0 amide bonds. The lowest BCUT2D eigenvalue weighted by Gasteiger charge is -2.14. The van der Waals surface area contributed by atoms with Gasteiger partial charge >= 0.3 is 5.97 Å². The number of aryl methyl sites for hydroxylation is 1. The predicted octanol–water partition coefficient (Wildman–Crippen LogP) is 4.24. The summed E-state index contributed by atoms with van der Waals surface area (Å²) in [6.07, 6.45) is 0.917. The first-order chi connectivity index (χ1) is 10.8. The van der Waals surface area contributed by atoms with Gasteiger partial charge in [0.2, 0.25) is 0 Å². The number of carbonyl (C=O) groups is 1. The van der Waals surface area contributed by atoms with E-state index in [4.69, 9.17) is 5.73 Å². The Kier molecular flexibility index (Phi) is 5.15. The van der Waals surface area contributed by atoms with Crippen molar-refractivity contribution in [3.8, 4) is 0 Å². The van der Waals surface area contributed by atoms with Crippen LogP contribution in [-0.4, -0.2) is 22.2 Å². The van der Waals surface area contributed by atoms with Crippen LogP contribution in [-0.2, 0) is 6.54 Å². The zero-order chi connectivity index (χ0) is 17.3. The molecule has 1 heterocycles. The highest BCUT2D eigenvalue weighted by Gasteiger charge is 2.22. The summed E-state index contributed by atoms with van der Waals surface area (Å²) < 4.78 is 2.33. The van der Waals surface area contributed by atoms with Crippen molar-refractivity contribution in [2.45, 2.75) is 59.4 Å². The first-order valence-electron chi connectivity index (χ1n) is 8.39. The van der Waals surface area contributed by atoms with Gasteiger partial charge in [-0.3, -0.25) is 0 Å². The fourth-order valence-electron chi connectivity index (χ4n) is 3.49. The molecule has 4 heteroatoms. The average Bonchev–Trinajstić information content (AvgIpc) is 2.75. The van der Waals surface area contributed by atoms with Crippen LogP contribution in [0.3, 0.4) is 0 Å². The zero-order valence-electron chi connectivity index (χ0n) is 14.8. The highest BCUT2D eigenvalue weighted by molar-refractivity contribution is 5.97. The van der Waals surface area contributed by atoms with E-state index in [9.17, 15) is 9.90 Å². The maximum absolute atomic E-state index is 11.5. The summed E-state index contributed by atoms with van der Waals surface area (Å²) in [4.78, 5) is 11.5. The van der Waals surface area contributed by atoms with Gasteiger partial charge in [-0.1, -0.05) is 27.7 Å². The van der Waals surface area contributed by atoms with Crippen LogP contribution >= 0.6 is 0 Å². The molecule has 0 aliphatic heterocycles. The molecule has 0 atom stereocenters. The minimum Gasteiger partial charge on any atom is -0.478 e. The normalized spacial score (nSPS) is 11.8. The molecule has 0 radical (unpaired) electrons. The van der Waals surface area contributed by atoms with Crippen molar-refractivity contribution >= 4 is 16.9 Å². The third-order valence-electron chi connectivity index (χ3n) is 4.53. The van der Waals surface area contributed by atoms with Gasteiger partial charge in [0.1, 0.15) is 0 Å². The van der Waals surface area contributed by atoms with Gasteiger partial charge in [-0.05, 0) is 55.0 Å². The van der Waals surface area contributed by atoms with Crippen molar-refractivity contribution in [1.29, 1.82) is 0 Å². The van der Waals surface area contributed by atoms with Crippen LogP contribution in [0.25, 0.3) is 10.9 Å². The number of benzene rings is 1. The number of aromatic nitrogens is 1. The molecule has 2 rings (SSSR count). The Hall–Kier alpha value is -1.81. The molecule has 0 spiro atoms.